The highest BCUT2D eigenvalue weighted by Gasteiger charge is 2.33. The maximum atomic E-state index is 13.0. The summed E-state index contributed by atoms with van der Waals surface area (Å²) in [6.07, 6.45) is 1.70. The van der Waals surface area contributed by atoms with Crippen molar-refractivity contribution in [1.29, 1.82) is 0 Å². The SMILES string of the molecule is COc1c(Cl)cccc1Nc1c(-c2ccnc3ccc(OC4COC4)nc23)[nH]c2c1C(=O)OCC2C. The van der Waals surface area contributed by atoms with Gasteiger partial charge < -0.3 is 29.2 Å². The first-order chi connectivity index (χ1) is 17.5. The number of para-hydroxylation sites is 1. The number of methoxy groups -OCH3 is 1. The summed E-state index contributed by atoms with van der Waals surface area (Å²) in [4.78, 5) is 25.7. The third kappa shape index (κ3) is 3.81. The highest BCUT2D eigenvalue weighted by Crippen LogP contribution is 2.44. The molecule has 0 spiro atoms. The number of aromatic amines is 1. The topological polar surface area (TPSA) is 108 Å². The molecular weight excluding hydrogens is 484 g/mol. The van der Waals surface area contributed by atoms with Gasteiger partial charge in [-0.2, -0.15) is 0 Å². The molecule has 1 atom stereocenters. The van der Waals surface area contributed by atoms with Gasteiger partial charge in [0.05, 0.1) is 54.5 Å². The fraction of sp³-hybridized carbons (Fsp3) is 0.269. The first-order valence-corrected chi connectivity index (χ1v) is 11.9. The van der Waals surface area contributed by atoms with Crippen LogP contribution in [0.3, 0.4) is 0 Å². The largest absolute Gasteiger partial charge is 0.493 e. The maximum absolute atomic E-state index is 13.0. The number of esters is 1. The molecule has 2 aliphatic heterocycles. The molecule has 1 saturated heterocycles. The number of carbonyl (C=O) groups excluding carboxylic acids is 1. The zero-order valence-corrected chi connectivity index (χ0v) is 20.4. The molecule has 6 rings (SSSR count). The summed E-state index contributed by atoms with van der Waals surface area (Å²) >= 11 is 6.37. The molecule has 184 valence electrons. The Labute approximate surface area is 211 Å². The summed E-state index contributed by atoms with van der Waals surface area (Å²) in [5, 5.41) is 3.83. The van der Waals surface area contributed by atoms with Crippen LogP contribution in [0.25, 0.3) is 22.3 Å². The van der Waals surface area contributed by atoms with E-state index >= 15 is 0 Å². The van der Waals surface area contributed by atoms with E-state index in [0.717, 1.165) is 11.3 Å². The van der Waals surface area contributed by atoms with Gasteiger partial charge in [-0.25, -0.2) is 9.78 Å². The second-order valence-corrected chi connectivity index (χ2v) is 9.17. The van der Waals surface area contributed by atoms with Gasteiger partial charge in [0.25, 0.3) is 0 Å². The number of halogens is 1. The monoisotopic (exact) mass is 506 g/mol. The average molecular weight is 507 g/mol. The van der Waals surface area contributed by atoms with E-state index in [4.69, 9.17) is 35.5 Å². The summed E-state index contributed by atoms with van der Waals surface area (Å²) in [6.45, 7) is 3.38. The van der Waals surface area contributed by atoms with Gasteiger partial charge >= 0.3 is 5.97 Å². The lowest BCUT2D eigenvalue weighted by Gasteiger charge is -2.26. The van der Waals surface area contributed by atoms with E-state index < -0.39 is 5.97 Å². The predicted molar refractivity (Wildman–Crippen MR) is 135 cm³/mol. The Hall–Kier alpha value is -3.82. The lowest BCUT2D eigenvalue weighted by Crippen LogP contribution is -2.38. The summed E-state index contributed by atoms with van der Waals surface area (Å²) in [7, 11) is 1.55. The highest BCUT2D eigenvalue weighted by atomic mass is 35.5. The van der Waals surface area contributed by atoms with Crippen LogP contribution in [0.1, 0.15) is 28.9 Å². The Bertz CT molecular complexity index is 1480. The number of benzene rings is 1. The smallest absolute Gasteiger partial charge is 0.342 e. The standard InChI is InChI=1S/C26H23ClN4O5/c1-13-10-35-26(32)20-21(13)31-23(24(20)29-18-5-3-4-16(27)25(18)33-2)15-8-9-28-17-6-7-19(30-22(15)17)36-14-11-34-12-14/h3-9,13-14,29,31H,10-12H2,1-2H3. The normalized spacial score (nSPS) is 17.3. The average Bonchev–Trinajstić information content (AvgIpc) is 3.24. The number of hydrogen-bond donors (Lipinski definition) is 2. The molecule has 0 aliphatic carbocycles. The number of ether oxygens (including phenoxy) is 4. The zero-order chi connectivity index (χ0) is 24.8. The van der Waals surface area contributed by atoms with Crippen LogP contribution in [-0.4, -0.2) is 54.0 Å². The molecule has 0 amide bonds. The minimum atomic E-state index is -0.408. The minimum Gasteiger partial charge on any atom is -0.493 e. The molecule has 2 aliphatic rings. The van der Waals surface area contributed by atoms with Crippen molar-refractivity contribution in [3.63, 3.8) is 0 Å². The molecule has 0 radical (unpaired) electrons. The van der Waals surface area contributed by atoms with Crippen LogP contribution in [0.5, 0.6) is 11.6 Å². The molecule has 3 aromatic heterocycles. The molecule has 2 N–H and O–H groups in total. The van der Waals surface area contributed by atoms with E-state index in [1.165, 1.54) is 0 Å². The van der Waals surface area contributed by atoms with E-state index in [-0.39, 0.29) is 12.0 Å². The molecule has 0 bridgehead atoms. The van der Waals surface area contributed by atoms with Crippen molar-refractivity contribution in [2.75, 3.05) is 32.2 Å². The number of nitrogens with zero attached hydrogens (tertiary/aromatic N) is 2. The summed E-state index contributed by atoms with van der Waals surface area (Å²) < 4.78 is 22.2. The second-order valence-electron chi connectivity index (χ2n) is 8.76. The van der Waals surface area contributed by atoms with Crippen molar-refractivity contribution in [2.45, 2.75) is 18.9 Å². The van der Waals surface area contributed by atoms with Crippen molar-refractivity contribution in [3.8, 4) is 22.9 Å². The summed E-state index contributed by atoms with van der Waals surface area (Å²) in [5.41, 5.74) is 5.15. The van der Waals surface area contributed by atoms with Gasteiger partial charge in [0, 0.05) is 29.4 Å². The van der Waals surface area contributed by atoms with Gasteiger partial charge in [0.1, 0.15) is 17.2 Å². The Kier molecular flexibility index (Phi) is 5.66. The number of H-pyrrole nitrogens is 1. The fourth-order valence-electron chi connectivity index (χ4n) is 4.46. The fourth-order valence-corrected chi connectivity index (χ4v) is 4.71. The second kappa shape index (κ2) is 9.00. The van der Waals surface area contributed by atoms with Gasteiger partial charge in [-0.15, -0.1) is 0 Å². The Balaban J connectivity index is 1.54. The van der Waals surface area contributed by atoms with Gasteiger partial charge in [-0.3, -0.25) is 4.98 Å². The Morgan fingerprint density at radius 2 is 2.03 bits per heavy atom. The first kappa shape index (κ1) is 22.6. The summed E-state index contributed by atoms with van der Waals surface area (Å²) in [5.74, 6) is 0.523. The molecule has 0 saturated carbocycles. The molecule has 4 aromatic rings. The van der Waals surface area contributed by atoms with Gasteiger partial charge in [-0.1, -0.05) is 24.6 Å². The van der Waals surface area contributed by atoms with Crippen LogP contribution in [0.2, 0.25) is 5.02 Å². The van der Waals surface area contributed by atoms with Crippen molar-refractivity contribution in [3.05, 3.63) is 58.9 Å². The number of rotatable bonds is 6. The van der Waals surface area contributed by atoms with E-state index in [0.29, 0.717) is 70.1 Å². The number of carbonyl (C=O) groups is 1. The third-order valence-electron chi connectivity index (χ3n) is 6.34. The number of aromatic nitrogens is 3. The number of cyclic esters (lactones) is 1. The van der Waals surface area contributed by atoms with Crippen molar-refractivity contribution in [1.82, 2.24) is 15.0 Å². The van der Waals surface area contributed by atoms with E-state index in [1.807, 2.05) is 31.2 Å². The number of anilines is 2. The van der Waals surface area contributed by atoms with E-state index in [9.17, 15) is 4.79 Å². The third-order valence-corrected chi connectivity index (χ3v) is 6.64. The molecule has 1 fully saturated rings. The van der Waals surface area contributed by atoms with E-state index in [1.54, 1.807) is 25.4 Å². The molecule has 5 heterocycles. The van der Waals surface area contributed by atoms with Crippen LogP contribution in [0.4, 0.5) is 11.4 Å². The van der Waals surface area contributed by atoms with Gasteiger partial charge in [0.15, 0.2) is 5.75 Å². The molecule has 9 nitrogen and oxygen atoms in total. The predicted octanol–water partition coefficient (Wildman–Crippen LogP) is 5.08. The summed E-state index contributed by atoms with van der Waals surface area (Å²) in [6, 6.07) is 10.9. The van der Waals surface area contributed by atoms with Gasteiger partial charge in [0.2, 0.25) is 5.88 Å². The molecule has 36 heavy (non-hydrogen) atoms. The van der Waals surface area contributed by atoms with Crippen LogP contribution in [0.15, 0.2) is 42.6 Å². The maximum Gasteiger partial charge on any atom is 0.342 e. The molecular formula is C26H23ClN4O5. The number of pyridine rings is 2. The van der Waals surface area contributed by atoms with Crippen molar-refractivity contribution >= 4 is 40.0 Å². The van der Waals surface area contributed by atoms with Crippen LogP contribution in [-0.2, 0) is 9.47 Å². The first-order valence-electron chi connectivity index (χ1n) is 11.6. The Morgan fingerprint density at radius 3 is 2.81 bits per heavy atom. The molecule has 10 heteroatoms. The minimum absolute atomic E-state index is 0.0176. The van der Waals surface area contributed by atoms with E-state index in [2.05, 4.69) is 15.3 Å². The van der Waals surface area contributed by atoms with Gasteiger partial charge in [-0.05, 0) is 24.3 Å². The molecule has 1 aromatic carbocycles. The lowest BCUT2D eigenvalue weighted by molar-refractivity contribution is -0.0812. The van der Waals surface area contributed by atoms with Crippen molar-refractivity contribution < 1.29 is 23.7 Å². The van der Waals surface area contributed by atoms with Crippen molar-refractivity contribution in [2.24, 2.45) is 0 Å². The number of nitrogens with one attached hydrogen (secondary N) is 2. The lowest BCUT2D eigenvalue weighted by atomic mass is 10.0. The van der Waals surface area contributed by atoms with Crippen LogP contribution >= 0.6 is 11.6 Å². The number of hydrogen-bond acceptors (Lipinski definition) is 8. The molecule has 1 unspecified atom stereocenters. The zero-order valence-electron chi connectivity index (χ0n) is 19.6. The van der Waals surface area contributed by atoms with Crippen LogP contribution < -0.4 is 14.8 Å². The highest BCUT2D eigenvalue weighted by molar-refractivity contribution is 6.32. The Morgan fingerprint density at radius 1 is 1.17 bits per heavy atom. The quantitative estimate of drug-likeness (QED) is 0.348. The van der Waals surface area contributed by atoms with Crippen LogP contribution in [0, 0.1) is 0 Å². The number of fused-ring (bicyclic) bond motifs is 2.